The number of hydrogen-bond acceptors (Lipinski definition) is 12. The van der Waals surface area contributed by atoms with Gasteiger partial charge in [0.1, 0.15) is 0 Å². The second-order valence-corrected chi connectivity index (χ2v) is 22.3. The highest BCUT2D eigenvalue weighted by Crippen LogP contribution is 2.53. The minimum atomic E-state index is -0.791. The Labute approximate surface area is 420 Å². The molecule has 12 nitrogen and oxygen atoms in total. The summed E-state index contributed by atoms with van der Waals surface area (Å²) in [6.45, 7) is 26.2. The van der Waals surface area contributed by atoms with Crippen molar-refractivity contribution in [1.82, 2.24) is 19.6 Å². The molecule has 4 aromatic rings. The predicted octanol–water partition coefficient (Wildman–Crippen LogP) is 7.61. The highest BCUT2D eigenvalue weighted by atomic mass is 16.5. The van der Waals surface area contributed by atoms with Crippen molar-refractivity contribution in [2.75, 3.05) is 105 Å². The zero-order valence-electron chi connectivity index (χ0n) is 43.4. The molecule has 1 aliphatic carbocycles. The van der Waals surface area contributed by atoms with Gasteiger partial charge in [0, 0.05) is 80.0 Å². The quantitative estimate of drug-likeness (QED) is 0.103. The predicted molar refractivity (Wildman–Crippen MR) is 276 cm³/mol. The molecule has 4 saturated heterocycles. The van der Waals surface area contributed by atoms with Crippen LogP contribution < -0.4 is 0 Å². The lowest BCUT2D eigenvalue weighted by Crippen LogP contribution is -2.54. The fourth-order valence-corrected chi connectivity index (χ4v) is 11.9. The minimum Gasteiger partial charge on any atom is -0.379 e. The van der Waals surface area contributed by atoms with E-state index in [9.17, 15) is 19.2 Å². The molecule has 4 aromatic carbocycles. The summed E-state index contributed by atoms with van der Waals surface area (Å²) in [4.78, 5) is 67.3. The Bertz CT molecular complexity index is 2430. The first kappa shape index (κ1) is 51.2. The molecule has 0 bridgehead atoms. The maximum atomic E-state index is 14.9. The van der Waals surface area contributed by atoms with Crippen LogP contribution in [0.2, 0.25) is 0 Å². The highest BCUT2D eigenvalue weighted by molar-refractivity contribution is 6.06. The van der Waals surface area contributed by atoms with Gasteiger partial charge in [-0.3, -0.25) is 38.8 Å². The molecule has 0 amide bonds. The molecule has 0 aromatic heterocycles. The van der Waals surface area contributed by atoms with Crippen LogP contribution in [0, 0.1) is 0 Å². The van der Waals surface area contributed by atoms with Crippen LogP contribution in [0.3, 0.4) is 0 Å². The average Bonchev–Trinajstić information content (AvgIpc) is 3.66. The number of carbonyl (C=O) groups excluding carboxylic acids is 4. The summed E-state index contributed by atoms with van der Waals surface area (Å²) < 4.78 is 22.6. The zero-order chi connectivity index (χ0) is 50.3. The van der Waals surface area contributed by atoms with Crippen LogP contribution in [-0.2, 0) is 37.2 Å². The van der Waals surface area contributed by atoms with Gasteiger partial charge >= 0.3 is 0 Å². The van der Waals surface area contributed by atoms with Gasteiger partial charge in [0.15, 0.2) is 23.1 Å². The van der Waals surface area contributed by atoms with E-state index in [4.69, 9.17) is 18.9 Å². The smallest absolute Gasteiger partial charge is 0.182 e. The number of benzene rings is 4. The molecule has 12 heteroatoms. The van der Waals surface area contributed by atoms with E-state index in [0.29, 0.717) is 140 Å². The summed E-state index contributed by atoms with van der Waals surface area (Å²) in [6, 6.07) is 28.5. The Morgan fingerprint density at radius 1 is 0.380 bits per heavy atom. The van der Waals surface area contributed by atoms with E-state index in [1.54, 1.807) is 0 Å². The Morgan fingerprint density at radius 2 is 0.620 bits per heavy atom. The van der Waals surface area contributed by atoms with E-state index in [2.05, 4.69) is 68.1 Å². The first-order valence-electron chi connectivity index (χ1n) is 25.8. The van der Waals surface area contributed by atoms with Crippen LogP contribution in [0.5, 0.6) is 0 Å². The molecule has 0 atom stereocenters. The maximum absolute atomic E-state index is 14.9. The van der Waals surface area contributed by atoms with Gasteiger partial charge in [0.05, 0.1) is 75.0 Å². The number of hydrogen-bond donors (Lipinski definition) is 0. The van der Waals surface area contributed by atoms with Gasteiger partial charge in [-0.15, -0.1) is 0 Å². The van der Waals surface area contributed by atoms with Crippen LogP contribution in [0.25, 0.3) is 11.1 Å². The van der Waals surface area contributed by atoms with Crippen molar-refractivity contribution in [2.24, 2.45) is 0 Å². The van der Waals surface area contributed by atoms with Crippen molar-refractivity contribution < 1.29 is 38.1 Å². The van der Waals surface area contributed by atoms with Gasteiger partial charge in [0.25, 0.3) is 0 Å². The number of ether oxygens (including phenoxy) is 4. The third-order valence-electron chi connectivity index (χ3n) is 16.8. The van der Waals surface area contributed by atoms with E-state index in [0.717, 1.165) is 33.4 Å². The molecule has 0 saturated carbocycles. The summed E-state index contributed by atoms with van der Waals surface area (Å²) in [5.74, 6) is 0.180. The van der Waals surface area contributed by atoms with E-state index in [-0.39, 0.29) is 23.1 Å². The van der Waals surface area contributed by atoms with Gasteiger partial charge in [-0.25, -0.2) is 0 Å². The monoisotopic (exact) mass is 967 g/mol. The highest BCUT2D eigenvalue weighted by Gasteiger charge is 2.47. The van der Waals surface area contributed by atoms with Crippen molar-refractivity contribution >= 4 is 23.1 Å². The van der Waals surface area contributed by atoms with Crippen molar-refractivity contribution in [3.05, 3.63) is 129 Å². The molecule has 4 aliphatic heterocycles. The van der Waals surface area contributed by atoms with Crippen LogP contribution >= 0.6 is 0 Å². The summed E-state index contributed by atoms with van der Waals surface area (Å²) >= 11 is 0. The van der Waals surface area contributed by atoms with Gasteiger partial charge < -0.3 is 18.9 Å². The summed E-state index contributed by atoms with van der Waals surface area (Å²) in [5, 5.41) is 0. The van der Waals surface area contributed by atoms with Crippen molar-refractivity contribution in [2.45, 2.75) is 95.8 Å². The fraction of sp³-hybridized carbons (Fsp3) is 0.525. The SMILES string of the molecule is CC(C)(C(=O)c1ccc(CC2(Cc3ccc(C(=O)C(C)(C)N4CCOCC4)cc3)c3cc(C(=O)C(C)(C)N4CCOCC4)ccc3-c3ccc(C(=O)C(C)(C)N4CCOCC4)cc32)cc1)N1CCOCC1. The Hall–Kier alpha value is -4.76. The summed E-state index contributed by atoms with van der Waals surface area (Å²) in [5.41, 5.74) is 4.83. The topological polar surface area (TPSA) is 118 Å². The normalized spacial score (nSPS) is 19.8. The molecule has 4 heterocycles. The third kappa shape index (κ3) is 9.79. The molecular formula is C59H74N4O8. The molecule has 9 rings (SSSR count). The van der Waals surface area contributed by atoms with Crippen LogP contribution in [0.4, 0.5) is 0 Å². The van der Waals surface area contributed by atoms with Crippen molar-refractivity contribution in [3.63, 3.8) is 0 Å². The van der Waals surface area contributed by atoms with E-state index >= 15 is 0 Å². The van der Waals surface area contributed by atoms with Crippen LogP contribution in [-0.4, -0.2) is 170 Å². The average molecular weight is 967 g/mol. The molecule has 378 valence electrons. The standard InChI is InChI=1S/C59H74N4O8/c1-55(2,60-21-29-68-30-22-60)51(64)43-13-9-41(10-14-43)39-59(40-42-11-15-44(16-12-42)52(65)56(3,4)61-23-31-69-32-24-61)49-37-45(53(66)57(5,6)62-25-33-70-34-26-62)17-19-47(49)48-20-18-46(38-50(48)59)54(67)58(7,8)63-27-35-71-36-28-63/h9-20,37-38H,21-36,39-40H2,1-8H3. The lowest BCUT2D eigenvalue weighted by Gasteiger charge is -2.40. The summed E-state index contributed by atoms with van der Waals surface area (Å²) in [6.07, 6.45) is 1.02. The number of morpholine rings is 4. The van der Waals surface area contributed by atoms with Crippen molar-refractivity contribution in [3.8, 4) is 11.1 Å². The number of ketones is 4. The molecule has 0 N–H and O–H groups in total. The zero-order valence-corrected chi connectivity index (χ0v) is 43.4. The molecule has 4 fully saturated rings. The Kier molecular flexibility index (Phi) is 14.6. The minimum absolute atomic E-state index is 0.0340. The van der Waals surface area contributed by atoms with Gasteiger partial charge in [-0.2, -0.15) is 0 Å². The molecule has 0 spiro atoms. The molecule has 0 unspecified atom stereocenters. The van der Waals surface area contributed by atoms with Crippen LogP contribution in [0.15, 0.2) is 84.9 Å². The van der Waals surface area contributed by atoms with E-state index in [1.165, 1.54) is 0 Å². The van der Waals surface area contributed by atoms with Gasteiger partial charge in [-0.1, -0.05) is 72.8 Å². The summed E-state index contributed by atoms with van der Waals surface area (Å²) in [7, 11) is 0. The Balaban J connectivity index is 1.17. The number of nitrogens with zero attached hydrogens (tertiary/aromatic N) is 4. The third-order valence-corrected chi connectivity index (χ3v) is 16.8. The number of carbonyl (C=O) groups is 4. The number of Topliss-reactive ketones (excluding diaryl/α,β-unsaturated/α-hetero) is 4. The maximum Gasteiger partial charge on any atom is 0.182 e. The first-order chi connectivity index (χ1) is 33.9. The number of rotatable bonds is 16. The van der Waals surface area contributed by atoms with E-state index < -0.39 is 27.6 Å². The molecule has 5 aliphatic rings. The lowest BCUT2D eigenvalue weighted by atomic mass is 9.68. The largest absolute Gasteiger partial charge is 0.379 e. The van der Waals surface area contributed by atoms with Gasteiger partial charge in [-0.05, 0) is 114 Å². The lowest BCUT2D eigenvalue weighted by molar-refractivity contribution is -0.00443. The van der Waals surface area contributed by atoms with Crippen LogP contribution in [0.1, 0.15) is 119 Å². The fourth-order valence-electron chi connectivity index (χ4n) is 11.9. The first-order valence-corrected chi connectivity index (χ1v) is 25.8. The molecule has 71 heavy (non-hydrogen) atoms. The second kappa shape index (κ2) is 20.3. The van der Waals surface area contributed by atoms with Gasteiger partial charge in [0.2, 0.25) is 0 Å². The van der Waals surface area contributed by atoms with Crippen molar-refractivity contribution in [1.29, 1.82) is 0 Å². The number of fused-ring (bicyclic) bond motifs is 3. The second-order valence-electron chi connectivity index (χ2n) is 22.3. The van der Waals surface area contributed by atoms with E-state index in [1.807, 2.05) is 91.8 Å². The molecule has 0 radical (unpaired) electrons. The molecular weight excluding hydrogens is 893 g/mol. The Morgan fingerprint density at radius 3 is 0.887 bits per heavy atom.